The van der Waals surface area contributed by atoms with Gasteiger partial charge in [0.25, 0.3) is 0 Å². The van der Waals surface area contributed by atoms with Crippen LogP contribution in [-0.2, 0) is 65.4 Å². The van der Waals surface area contributed by atoms with Crippen LogP contribution in [0.15, 0.2) is 0 Å². The van der Waals surface area contributed by atoms with Crippen molar-refractivity contribution in [1.29, 1.82) is 0 Å². The van der Waals surface area contributed by atoms with E-state index < -0.39 is 97.5 Å². The first kappa shape index (κ1) is 85.1. The number of ether oxygens (including phenoxy) is 4. The zero-order valence-electron chi connectivity index (χ0n) is 56.6. The number of rotatable bonds is 65. The third-order valence-electron chi connectivity index (χ3n) is 15.9. The lowest BCUT2D eigenvalue weighted by Gasteiger charge is -2.21. The molecule has 19 heteroatoms. The number of carbonyl (C=O) groups is 4. The van der Waals surface area contributed by atoms with Gasteiger partial charge in [0.05, 0.1) is 26.4 Å². The number of aliphatic hydroxyl groups excluding tert-OH is 1. The van der Waals surface area contributed by atoms with Crippen LogP contribution in [0.25, 0.3) is 0 Å². The topological polar surface area (TPSA) is 237 Å². The maximum absolute atomic E-state index is 13.0. The molecule has 6 atom stereocenters. The largest absolute Gasteiger partial charge is 0.472 e. The van der Waals surface area contributed by atoms with Crippen LogP contribution in [0.1, 0.15) is 331 Å². The van der Waals surface area contributed by atoms with Crippen molar-refractivity contribution in [1.82, 2.24) is 0 Å². The highest BCUT2D eigenvalue weighted by atomic mass is 31.2. The van der Waals surface area contributed by atoms with Crippen LogP contribution in [-0.4, -0.2) is 96.7 Å². The summed E-state index contributed by atoms with van der Waals surface area (Å²) in [4.78, 5) is 72.3. The highest BCUT2D eigenvalue weighted by Crippen LogP contribution is 2.45. The molecule has 0 radical (unpaired) electrons. The lowest BCUT2D eigenvalue weighted by Crippen LogP contribution is -2.30. The molecular weight excluding hydrogens is 1150 g/mol. The van der Waals surface area contributed by atoms with Gasteiger partial charge in [-0.05, 0) is 49.4 Å². The maximum Gasteiger partial charge on any atom is 0.472 e. The minimum Gasteiger partial charge on any atom is -0.462 e. The van der Waals surface area contributed by atoms with E-state index in [9.17, 15) is 43.2 Å². The lowest BCUT2D eigenvalue weighted by molar-refractivity contribution is -0.161. The standard InChI is InChI=1S/C68H132O17P2/c1-9-61(8)47-39-31-25-27-33-41-49-66(71)79-55-63(84-67(72)50-42-34-23-19-18-21-29-37-45-59(4)5)56-82-86(74,75)80-52-62(69)53-81-87(76,77)83-57-64(85-68(73)51-43-35-26-24-30-38-46-60(6)7)54-78-65(70)48-40-32-22-17-15-13-11-10-12-14-16-20-28-36-44-58(2)3/h58-64,69H,9-57H2,1-8H3,(H,74,75)(H,76,77)/t61?,62-,63+,64+/m0/s1. The van der Waals surface area contributed by atoms with Crippen LogP contribution in [0.2, 0.25) is 0 Å². The molecule has 0 rings (SSSR count). The molecule has 0 aromatic heterocycles. The Labute approximate surface area is 530 Å². The summed E-state index contributed by atoms with van der Waals surface area (Å²) in [5, 5.41) is 10.6. The van der Waals surface area contributed by atoms with Crippen LogP contribution >= 0.6 is 15.6 Å². The van der Waals surface area contributed by atoms with E-state index in [0.717, 1.165) is 114 Å². The average molecular weight is 1280 g/mol. The molecule has 0 aliphatic rings. The normalized spacial score (nSPS) is 14.6. The molecule has 87 heavy (non-hydrogen) atoms. The Morgan fingerprint density at radius 2 is 0.552 bits per heavy atom. The summed E-state index contributed by atoms with van der Waals surface area (Å²) in [7, 11) is -9.90. The van der Waals surface area contributed by atoms with Crippen molar-refractivity contribution in [2.45, 2.75) is 350 Å². The second-order valence-corrected chi connectivity index (χ2v) is 29.1. The molecule has 0 fully saturated rings. The highest BCUT2D eigenvalue weighted by Gasteiger charge is 2.30. The number of hydrogen-bond acceptors (Lipinski definition) is 15. The van der Waals surface area contributed by atoms with E-state index in [1.165, 1.54) is 128 Å². The summed E-state index contributed by atoms with van der Waals surface area (Å²) >= 11 is 0. The van der Waals surface area contributed by atoms with E-state index in [1.54, 1.807) is 0 Å². The van der Waals surface area contributed by atoms with Crippen LogP contribution in [0.5, 0.6) is 0 Å². The van der Waals surface area contributed by atoms with Crippen LogP contribution in [0, 0.1) is 23.7 Å². The minimum absolute atomic E-state index is 0.102. The first-order valence-corrected chi connectivity index (χ1v) is 38.2. The van der Waals surface area contributed by atoms with E-state index in [-0.39, 0.29) is 25.7 Å². The zero-order chi connectivity index (χ0) is 64.7. The van der Waals surface area contributed by atoms with Gasteiger partial charge in [-0.25, -0.2) is 9.13 Å². The van der Waals surface area contributed by atoms with Gasteiger partial charge in [-0.2, -0.15) is 0 Å². The van der Waals surface area contributed by atoms with Crippen molar-refractivity contribution in [2.24, 2.45) is 23.7 Å². The molecule has 0 saturated heterocycles. The number of carbonyl (C=O) groups excluding carboxylic acids is 4. The van der Waals surface area contributed by atoms with Gasteiger partial charge in [-0.3, -0.25) is 37.3 Å². The molecule has 3 unspecified atom stereocenters. The number of unbranched alkanes of at least 4 members (excludes halogenated alkanes) is 30. The van der Waals surface area contributed by atoms with E-state index in [1.807, 2.05) is 0 Å². The summed E-state index contributed by atoms with van der Waals surface area (Å²) < 4.78 is 68.1. The summed E-state index contributed by atoms with van der Waals surface area (Å²) in [6.45, 7) is 14.0. The predicted molar refractivity (Wildman–Crippen MR) is 349 cm³/mol. The molecule has 0 aliphatic heterocycles. The summed E-state index contributed by atoms with van der Waals surface area (Å²) in [6.07, 6.45) is 39.2. The molecular formula is C68H132O17P2. The monoisotopic (exact) mass is 1280 g/mol. The first-order chi connectivity index (χ1) is 41.6. The molecule has 0 amide bonds. The Morgan fingerprint density at radius 1 is 0.322 bits per heavy atom. The smallest absolute Gasteiger partial charge is 0.462 e. The molecule has 0 bridgehead atoms. The lowest BCUT2D eigenvalue weighted by atomic mass is 10.00. The van der Waals surface area contributed by atoms with Crippen molar-refractivity contribution in [3.05, 3.63) is 0 Å². The third-order valence-corrected chi connectivity index (χ3v) is 17.8. The van der Waals surface area contributed by atoms with E-state index in [2.05, 4.69) is 55.4 Å². The van der Waals surface area contributed by atoms with Crippen LogP contribution in [0.4, 0.5) is 0 Å². The summed E-state index contributed by atoms with van der Waals surface area (Å²) in [5.74, 6) is 0.779. The minimum atomic E-state index is -4.95. The van der Waals surface area contributed by atoms with Gasteiger partial charge in [0.1, 0.15) is 19.3 Å². The second kappa shape index (κ2) is 57.9. The fourth-order valence-corrected chi connectivity index (χ4v) is 11.7. The Bertz CT molecular complexity index is 1730. The average Bonchev–Trinajstić information content (AvgIpc) is 3.69. The summed E-state index contributed by atoms with van der Waals surface area (Å²) in [6, 6.07) is 0. The van der Waals surface area contributed by atoms with Gasteiger partial charge in [0.15, 0.2) is 12.2 Å². The first-order valence-electron chi connectivity index (χ1n) is 35.2. The van der Waals surface area contributed by atoms with Crippen molar-refractivity contribution in [2.75, 3.05) is 39.6 Å². The van der Waals surface area contributed by atoms with E-state index >= 15 is 0 Å². The Balaban J connectivity index is 5.19. The predicted octanol–water partition coefficient (Wildman–Crippen LogP) is 18.9. The number of phosphoric ester groups is 2. The summed E-state index contributed by atoms with van der Waals surface area (Å²) in [5.41, 5.74) is 0. The molecule has 17 nitrogen and oxygen atoms in total. The SMILES string of the molecule is CCC(C)CCCCCCCCC(=O)OC[C@H](COP(=O)(O)OC[C@H](O)COP(=O)(O)OC[C@@H](COC(=O)CCCCCCCCCCCCCCCCC(C)C)OC(=O)CCCCCCCCC(C)C)OC(=O)CCCCCCCCCCC(C)C. The molecule has 516 valence electrons. The van der Waals surface area contributed by atoms with E-state index in [4.69, 9.17) is 37.0 Å². The van der Waals surface area contributed by atoms with Crippen LogP contribution in [0.3, 0.4) is 0 Å². The molecule has 0 spiro atoms. The highest BCUT2D eigenvalue weighted by molar-refractivity contribution is 7.47. The Morgan fingerprint density at radius 3 is 0.816 bits per heavy atom. The Hall–Kier alpha value is -1.94. The van der Waals surface area contributed by atoms with Gasteiger partial charge in [-0.1, -0.05) is 280 Å². The molecule has 0 aliphatic carbocycles. The van der Waals surface area contributed by atoms with Crippen molar-refractivity contribution >= 4 is 39.5 Å². The fourth-order valence-electron chi connectivity index (χ4n) is 10.1. The molecule has 0 aromatic carbocycles. The molecule has 0 heterocycles. The van der Waals surface area contributed by atoms with Gasteiger partial charge in [-0.15, -0.1) is 0 Å². The van der Waals surface area contributed by atoms with Crippen molar-refractivity contribution < 1.29 is 80.2 Å². The zero-order valence-corrected chi connectivity index (χ0v) is 58.4. The van der Waals surface area contributed by atoms with Crippen LogP contribution < -0.4 is 0 Å². The van der Waals surface area contributed by atoms with Gasteiger partial charge < -0.3 is 33.8 Å². The van der Waals surface area contributed by atoms with Gasteiger partial charge in [0, 0.05) is 25.7 Å². The number of esters is 4. The Kier molecular flexibility index (Phi) is 56.6. The second-order valence-electron chi connectivity index (χ2n) is 26.2. The fraction of sp³-hybridized carbons (Fsp3) is 0.941. The van der Waals surface area contributed by atoms with Gasteiger partial charge in [0.2, 0.25) is 0 Å². The number of phosphoric acid groups is 2. The van der Waals surface area contributed by atoms with Crippen molar-refractivity contribution in [3.8, 4) is 0 Å². The number of hydrogen-bond donors (Lipinski definition) is 3. The number of aliphatic hydroxyl groups is 1. The van der Waals surface area contributed by atoms with Gasteiger partial charge >= 0.3 is 39.5 Å². The maximum atomic E-state index is 13.0. The quantitative estimate of drug-likeness (QED) is 0.0222. The van der Waals surface area contributed by atoms with E-state index in [0.29, 0.717) is 31.6 Å². The molecule has 0 saturated carbocycles. The molecule has 0 aromatic rings. The molecule has 3 N–H and O–H groups in total. The third kappa shape index (κ3) is 61.3. The van der Waals surface area contributed by atoms with Crippen molar-refractivity contribution in [3.63, 3.8) is 0 Å².